The van der Waals surface area contributed by atoms with Gasteiger partial charge in [0, 0.05) is 50.0 Å². The Morgan fingerprint density at radius 2 is 0.750 bits per heavy atom. The number of fused-ring (bicyclic) bond motifs is 6. The molecule has 3 aromatic heterocycles. The van der Waals surface area contributed by atoms with Crippen molar-refractivity contribution in [2.45, 2.75) is 0 Å². The number of hydrogen-bond donors (Lipinski definition) is 0. The van der Waals surface area contributed by atoms with Gasteiger partial charge in [0.1, 0.15) is 11.2 Å². The van der Waals surface area contributed by atoms with E-state index >= 15 is 0 Å². The molecule has 3 heterocycles. The van der Waals surface area contributed by atoms with E-state index in [0.717, 1.165) is 72.0 Å². The average Bonchev–Trinajstić information content (AvgIpc) is 3.82. The lowest BCUT2D eigenvalue weighted by Crippen LogP contribution is -2.00. The summed E-state index contributed by atoms with van der Waals surface area (Å²) < 4.78 is 8.66. The van der Waals surface area contributed by atoms with E-state index in [-0.39, 0.29) is 0 Å². The molecule has 0 unspecified atom stereocenters. The van der Waals surface area contributed by atoms with Crippen LogP contribution < -0.4 is 0 Å². The van der Waals surface area contributed by atoms with Crippen molar-refractivity contribution in [3.8, 4) is 62.1 Å². The van der Waals surface area contributed by atoms with Crippen molar-refractivity contribution in [1.82, 2.24) is 19.5 Å². The standard InChI is InChI=1S/C51H32N4O/c1-3-11-33(12-4-1)34-19-23-37(24-20-34)50-52-49(36-13-5-2-6-14-36)53-51(54-50)38-25-21-35(22-26-38)39-27-29-42-41-15-7-9-17-45(41)55(46(42)31-39)40-28-30-44-43-16-8-10-18-47(43)56-48(44)32-40/h1-32H. The van der Waals surface area contributed by atoms with E-state index in [1.54, 1.807) is 0 Å². The second kappa shape index (κ2) is 13.0. The number of furan rings is 1. The summed E-state index contributed by atoms with van der Waals surface area (Å²) in [5.74, 6) is 1.90. The summed E-state index contributed by atoms with van der Waals surface area (Å²) >= 11 is 0. The fraction of sp³-hybridized carbons (Fsp3) is 0. The Morgan fingerprint density at radius 1 is 0.304 bits per heavy atom. The van der Waals surface area contributed by atoms with Crippen LogP contribution in [0.1, 0.15) is 0 Å². The Labute approximate surface area is 322 Å². The van der Waals surface area contributed by atoms with E-state index in [1.165, 1.54) is 16.3 Å². The zero-order valence-corrected chi connectivity index (χ0v) is 30.2. The SMILES string of the molecule is c1ccc(-c2ccc(-c3nc(-c4ccccc4)nc(-c4ccc(-c5ccc6c7ccccc7n(-c7ccc8c(c7)oc7ccccc78)c6c5)cc4)n3)cc2)cc1. The summed E-state index contributed by atoms with van der Waals surface area (Å²) in [4.78, 5) is 14.9. The number of aromatic nitrogens is 4. The van der Waals surface area contributed by atoms with Crippen LogP contribution in [0.15, 0.2) is 199 Å². The minimum Gasteiger partial charge on any atom is -0.456 e. The Bertz CT molecular complexity index is 3220. The lowest BCUT2D eigenvalue weighted by atomic mass is 10.0. The Morgan fingerprint density at radius 3 is 1.43 bits per heavy atom. The van der Waals surface area contributed by atoms with Crippen molar-refractivity contribution in [3.63, 3.8) is 0 Å². The van der Waals surface area contributed by atoms with Gasteiger partial charge >= 0.3 is 0 Å². The van der Waals surface area contributed by atoms with E-state index in [9.17, 15) is 0 Å². The molecule has 56 heavy (non-hydrogen) atoms. The quantitative estimate of drug-likeness (QED) is 0.172. The topological polar surface area (TPSA) is 56.7 Å². The molecule has 0 aliphatic carbocycles. The van der Waals surface area contributed by atoms with Crippen LogP contribution in [0, 0.1) is 0 Å². The number of para-hydroxylation sites is 2. The molecule has 11 aromatic rings. The second-order valence-electron chi connectivity index (χ2n) is 14.1. The van der Waals surface area contributed by atoms with Gasteiger partial charge in [-0.25, -0.2) is 15.0 Å². The summed E-state index contributed by atoms with van der Waals surface area (Å²) in [6.45, 7) is 0. The van der Waals surface area contributed by atoms with Gasteiger partial charge in [-0.2, -0.15) is 0 Å². The van der Waals surface area contributed by atoms with Crippen LogP contribution in [0.3, 0.4) is 0 Å². The molecule has 0 spiro atoms. The molecule has 0 saturated carbocycles. The molecule has 11 rings (SSSR count). The normalized spacial score (nSPS) is 11.6. The van der Waals surface area contributed by atoms with Crippen molar-refractivity contribution in [3.05, 3.63) is 194 Å². The minimum atomic E-state index is 0.629. The molecule has 262 valence electrons. The predicted molar refractivity (Wildman–Crippen MR) is 229 cm³/mol. The molecule has 0 N–H and O–H groups in total. The maximum Gasteiger partial charge on any atom is 0.164 e. The molecule has 0 amide bonds. The van der Waals surface area contributed by atoms with Gasteiger partial charge in [0.15, 0.2) is 17.5 Å². The monoisotopic (exact) mass is 716 g/mol. The van der Waals surface area contributed by atoms with Gasteiger partial charge in [0.25, 0.3) is 0 Å². The van der Waals surface area contributed by atoms with Gasteiger partial charge in [-0.3, -0.25) is 0 Å². The zero-order valence-electron chi connectivity index (χ0n) is 30.2. The van der Waals surface area contributed by atoms with Gasteiger partial charge in [-0.1, -0.05) is 158 Å². The zero-order chi connectivity index (χ0) is 37.0. The van der Waals surface area contributed by atoms with Crippen LogP contribution in [-0.4, -0.2) is 19.5 Å². The van der Waals surface area contributed by atoms with Crippen molar-refractivity contribution in [2.75, 3.05) is 0 Å². The molecular weight excluding hydrogens is 685 g/mol. The maximum atomic E-state index is 6.31. The highest BCUT2D eigenvalue weighted by Crippen LogP contribution is 2.37. The van der Waals surface area contributed by atoms with Crippen LogP contribution in [0.2, 0.25) is 0 Å². The summed E-state index contributed by atoms with van der Waals surface area (Å²) in [5.41, 5.74) is 12.5. The molecule has 5 nitrogen and oxygen atoms in total. The summed E-state index contributed by atoms with van der Waals surface area (Å²) in [5, 5.41) is 4.66. The van der Waals surface area contributed by atoms with Gasteiger partial charge < -0.3 is 8.98 Å². The van der Waals surface area contributed by atoms with Crippen molar-refractivity contribution < 1.29 is 4.42 Å². The average molecular weight is 717 g/mol. The first-order valence-electron chi connectivity index (χ1n) is 18.8. The van der Waals surface area contributed by atoms with Gasteiger partial charge in [0.05, 0.1) is 11.0 Å². The number of hydrogen-bond acceptors (Lipinski definition) is 4. The number of benzene rings is 8. The van der Waals surface area contributed by atoms with E-state index < -0.39 is 0 Å². The van der Waals surface area contributed by atoms with Crippen molar-refractivity contribution in [1.29, 1.82) is 0 Å². The molecule has 0 aliphatic rings. The summed E-state index contributed by atoms with van der Waals surface area (Å²) in [6, 6.07) is 67.5. The third kappa shape index (κ3) is 5.45. The van der Waals surface area contributed by atoms with E-state index in [0.29, 0.717) is 17.5 Å². The fourth-order valence-electron chi connectivity index (χ4n) is 7.89. The first-order chi connectivity index (χ1) is 27.7. The van der Waals surface area contributed by atoms with E-state index in [4.69, 9.17) is 19.4 Å². The predicted octanol–water partition coefficient (Wildman–Crippen LogP) is 13.2. The van der Waals surface area contributed by atoms with E-state index in [2.05, 4.69) is 150 Å². The molecule has 0 bridgehead atoms. The van der Waals surface area contributed by atoms with Crippen LogP contribution >= 0.6 is 0 Å². The van der Waals surface area contributed by atoms with Crippen molar-refractivity contribution in [2.24, 2.45) is 0 Å². The third-order valence-corrected chi connectivity index (χ3v) is 10.7. The smallest absolute Gasteiger partial charge is 0.164 e. The molecule has 0 saturated heterocycles. The van der Waals surface area contributed by atoms with Crippen LogP contribution in [0.5, 0.6) is 0 Å². The molecule has 0 atom stereocenters. The van der Waals surface area contributed by atoms with Gasteiger partial charge in [0.2, 0.25) is 0 Å². The number of rotatable bonds is 6. The molecular formula is C51H32N4O. The minimum absolute atomic E-state index is 0.629. The lowest BCUT2D eigenvalue weighted by Gasteiger charge is -2.11. The Hall–Kier alpha value is -7.63. The molecule has 0 aliphatic heterocycles. The summed E-state index contributed by atoms with van der Waals surface area (Å²) in [6.07, 6.45) is 0. The van der Waals surface area contributed by atoms with Crippen molar-refractivity contribution >= 4 is 43.7 Å². The van der Waals surface area contributed by atoms with Crippen LogP contribution in [-0.2, 0) is 0 Å². The second-order valence-corrected chi connectivity index (χ2v) is 14.1. The first kappa shape index (κ1) is 31.9. The summed E-state index contributed by atoms with van der Waals surface area (Å²) in [7, 11) is 0. The lowest BCUT2D eigenvalue weighted by molar-refractivity contribution is 0.668. The van der Waals surface area contributed by atoms with Crippen LogP contribution in [0.25, 0.3) is 106 Å². The molecule has 5 heteroatoms. The maximum absolute atomic E-state index is 6.31. The fourth-order valence-corrected chi connectivity index (χ4v) is 7.89. The molecule has 0 radical (unpaired) electrons. The highest BCUT2D eigenvalue weighted by molar-refractivity contribution is 6.11. The highest BCUT2D eigenvalue weighted by Gasteiger charge is 2.17. The van der Waals surface area contributed by atoms with Gasteiger partial charge in [-0.05, 0) is 52.6 Å². The first-order valence-corrected chi connectivity index (χ1v) is 18.8. The van der Waals surface area contributed by atoms with Gasteiger partial charge in [-0.15, -0.1) is 0 Å². The largest absolute Gasteiger partial charge is 0.456 e. The Kier molecular flexibility index (Phi) is 7.42. The third-order valence-electron chi connectivity index (χ3n) is 10.7. The highest BCUT2D eigenvalue weighted by atomic mass is 16.3. The molecule has 8 aromatic carbocycles. The van der Waals surface area contributed by atoms with E-state index in [1.807, 2.05) is 48.5 Å². The Balaban J connectivity index is 0.985. The molecule has 0 fully saturated rings. The van der Waals surface area contributed by atoms with Crippen LogP contribution in [0.4, 0.5) is 0 Å². The number of nitrogens with zero attached hydrogens (tertiary/aromatic N) is 4.